The molecule has 0 N–H and O–H groups in total. The summed E-state index contributed by atoms with van der Waals surface area (Å²) >= 11 is 0. The molecule has 9 heavy (non-hydrogen) atoms. The van der Waals surface area contributed by atoms with Crippen LogP contribution in [-0.4, -0.2) is 6.04 Å². The van der Waals surface area contributed by atoms with Crippen LogP contribution in [0.2, 0.25) is 0 Å². The molecule has 2 aliphatic carbocycles. The topological polar surface area (TPSA) is 4.36 Å². The van der Waals surface area contributed by atoms with Crippen molar-refractivity contribution in [3.63, 3.8) is 0 Å². The highest BCUT2D eigenvalue weighted by Crippen LogP contribution is 2.40. The second-order valence-electron chi connectivity index (χ2n) is 2.98. The average Bonchev–Trinajstić information content (AvgIpc) is 2.45. The molecule has 1 saturated carbocycles. The molecule has 3 unspecified atom stereocenters. The first-order valence-electron chi connectivity index (χ1n) is 3.45. The first-order valence-corrected chi connectivity index (χ1v) is 3.45. The van der Waals surface area contributed by atoms with E-state index >= 15 is 0 Å². The molecular weight excluding hydrogens is 110 g/mol. The van der Waals surface area contributed by atoms with Gasteiger partial charge in [0.1, 0.15) is 0 Å². The summed E-state index contributed by atoms with van der Waals surface area (Å²) in [4.78, 5) is 3.57. The standard InChI is InChI=1S/C8H9N/c1-9-8-5-6-2-3-7(8)4-6/h2-3,6-8H,4-5H2. The van der Waals surface area contributed by atoms with E-state index < -0.39 is 0 Å². The molecule has 1 fully saturated rings. The number of nitrogens with zero attached hydrogens (tertiary/aromatic N) is 1. The molecule has 0 heterocycles. The van der Waals surface area contributed by atoms with Crippen LogP contribution in [-0.2, 0) is 0 Å². The van der Waals surface area contributed by atoms with Gasteiger partial charge in [-0.1, -0.05) is 12.2 Å². The molecule has 46 valence electrons. The summed E-state index contributed by atoms with van der Waals surface area (Å²) in [5, 5.41) is 0. The maximum atomic E-state index is 6.85. The van der Waals surface area contributed by atoms with Crippen molar-refractivity contribution in [1.82, 2.24) is 0 Å². The summed E-state index contributed by atoms with van der Waals surface area (Å²) in [6.07, 6.45) is 6.88. The Kier molecular flexibility index (Phi) is 0.900. The van der Waals surface area contributed by atoms with Gasteiger partial charge in [-0.15, -0.1) is 0 Å². The lowest BCUT2D eigenvalue weighted by Crippen LogP contribution is -2.07. The predicted molar refractivity (Wildman–Crippen MR) is 35.7 cm³/mol. The minimum absolute atomic E-state index is 0.333. The van der Waals surface area contributed by atoms with E-state index in [2.05, 4.69) is 17.0 Å². The number of fused-ring (bicyclic) bond motifs is 2. The summed E-state index contributed by atoms with van der Waals surface area (Å²) in [5.74, 6) is 1.38. The van der Waals surface area contributed by atoms with Gasteiger partial charge in [0.05, 0.1) is 5.92 Å². The Labute approximate surface area is 55.2 Å². The highest BCUT2D eigenvalue weighted by atomic mass is 14.7. The normalized spacial score (nSPS) is 45.4. The zero-order valence-electron chi connectivity index (χ0n) is 5.25. The zero-order valence-corrected chi connectivity index (χ0v) is 5.25. The Morgan fingerprint density at radius 3 is 2.56 bits per heavy atom. The first-order chi connectivity index (χ1) is 4.40. The summed E-state index contributed by atoms with van der Waals surface area (Å²) in [7, 11) is 0. The molecule has 2 bridgehead atoms. The van der Waals surface area contributed by atoms with Gasteiger partial charge in [0, 0.05) is 6.42 Å². The van der Waals surface area contributed by atoms with Crippen LogP contribution in [0.3, 0.4) is 0 Å². The largest absolute Gasteiger partial charge is 0.313 e. The third kappa shape index (κ3) is 0.595. The number of hydrogen-bond donors (Lipinski definition) is 0. The molecule has 0 saturated heterocycles. The molecular formula is C8H9N. The fourth-order valence-corrected chi connectivity index (χ4v) is 1.90. The fraction of sp³-hybridized carbons (Fsp3) is 0.625. The molecule has 0 radical (unpaired) electrons. The van der Waals surface area contributed by atoms with E-state index in [9.17, 15) is 0 Å². The van der Waals surface area contributed by atoms with Crippen LogP contribution in [0.15, 0.2) is 12.2 Å². The third-order valence-corrected chi connectivity index (χ3v) is 2.41. The van der Waals surface area contributed by atoms with Gasteiger partial charge in [-0.05, 0) is 12.3 Å². The monoisotopic (exact) mass is 119 g/mol. The van der Waals surface area contributed by atoms with Gasteiger partial charge in [-0.25, -0.2) is 6.57 Å². The Bertz CT molecular complexity index is 187. The smallest absolute Gasteiger partial charge is 0.230 e. The van der Waals surface area contributed by atoms with E-state index in [1.54, 1.807) is 0 Å². The van der Waals surface area contributed by atoms with E-state index in [0.29, 0.717) is 12.0 Å². The Morgan fingerprint density at radius 2 is 2.22 bits per heavy atom. The average molecular weight is 119 g/mol. The Hall–Kier alpha value is -0.770. The van der Waals surface area contributed by atoms with Gasteiger partial charge in [-0.3, -0.25) is 0 Å². The maximum absolute atomic E-state index is 6.85. The number of allylic oxidation sites excluding steroid dienone is 1. The fourth-order valence-electron chi connectivity index (χ4n) is 1.90. The van der Waals surface area contributed by atoms with Crippen LogP contribution in [0.1, 0.15) is 12.8 Å². The first kappa shape index (κ1) is 5.05. The van der Waals surface area contributed by atoms with Gasteiger partial charge in [-0.2, -0.15) is 0 Å². The summed E-state index contributed by atoms with van der Waals surface area (Å²) in [5.41, 5.74) is 0. The molecule has 0 aliphatic heterocycles. The van der Waals surface area contributed by atoms with Crippen molar-refractivity contribution in [2.45, 2.75) is 18.9 Å². The van der Waals surface area contributed by atoms with Crippen molar-refractivity contribution in [3.8, 4) is 0 Å². The van der Waals surface area contributed by atoms with Crippen LogP contribution >= 0.6 is 0 Å². The molecule has 0 amide bonds. The van der Waals surface area contributed by atoms with Crippen LogP contribution < -0.4 is 0 Å². The quantitative estimate of drug-likeness (QED) is 0.338. The second-order valence-corrected chi connectivity index (χ2v) is 2.98. The van der Waals surface area contributed by atoms with Crippen molar-refractivity contribution < 1.29 is 0 Å². The number of hydrogen-bond acceptors (Lipinski definition) is 0. The van der Waals surface area contributed by atoms with Crippen molar-refractivity contribution in [3.05, 3.63) is 23.6 Å². The van der Waals surface area contributed by atoms with Crippen molar-refractivity contribution >= 4 is 0 Å². The Balaban J connectivity index is 2.22. The SMILES string of the molecule is [C-]#[N+]C1CC2C=CC1C2. The van der Waals surface area contributed by atoms with Crippen LogP contribution in [0.5, 0.6) is 0 Å². The van der Waals surface area contributed by atoms with Crippen LogP contribution in [0.25, 0.3) is 4.85 Å². The van der Waals surface area contributed by atoms with E-state index in [1.807, 2.05) is 0 Å². The van der Waals surface area contributed by atoms with Crippen molar-refractivity contribution in [1.29, 1.82) is 0 Å². The van der Waals surface area contributed by atoms with Crippen molar-refractivity contribution in [2.75, 3.05) is 0 Å². The van der Waals surface area contributed by atoms with Gasteiger partial charge >= 0.3 is 0 Å². The number of rotatable bonds is 0. The zero-order chi connectivity index (χ0) is 6.27. The maximum Gasteiger partial charge on any atom is 0.230 e. The lowest BCUT2D eigenvalue weighted by atomic mass is 10.0. The van der Waals surface area contributed by atoms with E-state index in [1.165, 1.54) is 6.42 Å². The molecule has 1 nitrogen and oxygen atoms in total. The van der Waals surface area contributed by atoms with E-state index in [0.717, 1.165) is 12.3 Å². The lowest BCUT2D eigenvalue weighted by Gasteiger charge is -2.03. The van der Waals surface area contributed by atoms with E-state index in [-0.39, 0.29) is 0 Å². The molecule has 0 aromatic rings. The summed E-state index contributed by atoms with van der Waals surface area (Å²) in [6, 6.07) is 0.333. The van der Waals surface area contributed by atoms with Gasteiger partial charge in [0.2, 0.25) is 6.04 Å². The Morgan fingerprint density at radius 1 is 1.33 bits per heavy atom. The molecule has 0 aromatic carbocycles. The molecule has 3 atom stereocenters. The molecule has 2 rings (SSSR count). The molecule has 0 spiro atoms. The van der Waals surface area contributed by atoms with Gasteiger partial charge in [0.15, 0.2) is 0 Å². The highest BCUT2D eigenvalue weighted by molar-refractivity contribution is 5.15. The van der Waals surface area contributed by atoms with Crippen LogP contribution in [0.4, 0.5) is 0 Å². The van der Waals surface area contributed by atoms with E-state index in [4.69, 9.17) is 6.57 Å². The highest BCUT2D eigenvalue weighted by Gasteiger charge is 2.39. The van der Waals surface area contributed by atoms with Crippen molar-refractivity contribution in [2.24, 2.45) is 11.8 Å². The van der Waals surface area contributed by atoms with Crippen LogP contribution in [0, 0.1) is 18.4 Å². The third-order valence-electron chi connectivity index (χ3n) is 2.41. The minimum Gasteiger partial charge on any atom is -0.313 e. The van der Waals surface area contributed by atoms with Gasteiger partial charge < -0.3 is 4.85 Å². The molecule has 1 heteroatoms. The summed E-state index contributed by atoms with van der Waals surface area (Å²) in [6.45, 7) is 6.85. The van der Waals surface area contributed by atoms with Gasteiger partial charge in [0.25, 0.3) is 0 Å². The minimum atomic E-state index is 0.333. The summed E-state index contributed by atoms with van der Waals surface area (Å²) < 4.78 is 0. The second kappa shape index (κ2) is 1.60. The predicted octanol–water partition coefficient (Wildman–Crippen LogP) is 1.87. The molecule has 0 aromatic heterocycles. The lowest BCUT2D eigenvalue weighted by molar-refractivity contribution is 0.651. The molecule has 2 aliphatic rings.